The van der Waals surface area contributed by atoms with Crippen molar-refractivity contribution in [2.75, 3.05) is 34.2 Å². The van der Waals surface area contributed by atoms with E-state index in [2.05, 4.69) is 21.2 Å². The van der Waals surface area contributed by atoms with E-state index in [4.69, 9.17) is 4.42 Å². The Morgan fingerprint density at radius 3 is 2.52 bits per heavy atom. The summed E-state index contributed by atoms with van der Waals surface area (Å²) in [7, 11) is 5.11. The first kappa shape index (κ1) is 19.2. The first-order chi connectivity index (χ1) is 11.9. The van der Waals surface area contributed by atoms with E-state index in [0.717, 1.165) is 26.5 Å². The number of benzene rings is 1. The third-order valence-corrected chi connectivity index (χ3v) is 4.33. The van der Waals surface area contributed by atoms with Gasteiger partial charge in [-0.3, -0.25) is 9.59 Å². The molecule has 0 aliphatic rings. The van der Waals surface area contributed by atoms with Crippen molar-refractivity contribution in [2.45, 2.75) is 6.54 Å². The maximum atomic E-state index is 12.1. The molecule has 0 aliphatic heterocycles. The molecule has 6 nitrogen and oxygen atoms in total. The minimum absolute atomic E-state index is 0.0665. The van der Waals surface area contributed by atoms with Crippen LogP contribution < -0.4 is 10.2 Å². The molecule has 25 heavy (non-hydrogen) atoms. The fourth-order valence-electron chi connectivity index (χ4n) is 2.38. The Labute approximate surface area is 155 Å². The fourth-order valence-corrected chi connectivity index (χ4v) is 2.64. The molecule has 1 aromatic carbocycles. The van der Waals surface area contributed by atoms with Crippen molar-refractivity contribution in [1.29, 1.82) is 0 Å². The average molecular weight is 409 g/mol. The van der Waals surface area contributed by atoms with Gasteiger partial charge in [0, 0.05) is 24.1 Å². The molecule has 2 rings (SSSR count). The van der Waals surface area contributed by atoms with Crippen LogP contribution in [0.15, 0.2) is 45.3 Å². The molecule has 0 saturated heterocycles. The second kappa shape index (κ2) is 8.82. The van der Waals surface area contributed by atoms with Gasteiger partial charge in [-0.25, -0.2) is 0 Å². The molecular formula is C18H23BrN3O3+. The van der Waals surface area contributed by atoms with Crippen LogP contribution in [0.2, 0.25) is 0 Å². The smallest absolute Gasteiger partial charge is 0.277 e. The molecule has 1 aromatic heterocycles. The Bertz CT molecular complexity index is 727. The summed E-state index contributed by atoms with van der Waals surface area (Å²) < 4.78 is 6.90. The van der Waals surface area contributed by atoms with Crippen molar-refractivity contribution >= 4 is 27.7 Å². The average Bonchev–Trinajstić information content (AvgIpc) is 3.03. The highest BCUT2D eigenvalue weighted by Gasteiger charge is 2.18. The van der Waals surface area contributed by atoms with Crippen molar-refractivity contribution < 1.29 is 18.9 Å². The van der Waals surface area contributed by atoms with Crippen LogP contribution in [0.4, 0.5) is 0 Å². The highest BCUT2D eigenvalue weighted by atomic mass is 79.9. The molecule has 1 heterocycles. The van der Waals surface area contributed by atoms with E-state index >= 15 is 0 Å². The number of furan rings is 1. The quantitative estimate of drug-likeness (QED) is 0.715. The SMILES string of the molecule is CNC(=O)CN(C)C(=O)C[NH+](C)Cc1ccc(-c2ccc(Br)cc2)o1. The summed E-state index contributed by atoms with van der Waals surface area (Å²) >= 11 is 3.41. The number of carbonyl (C=O) groups excluding carboxylic acids is 2. The molecule has 0 spiro atoms. The molecule has 2 aromatic rings. The van der Waals surface area contributed by atoms with Gasteiger partial charge >= 0.3 is 0 Å². The molecule has 1 atom stereocenters. The normalized spacial score (nSPS) is 11.8. The lowest BCUT2D eigenvalue weighted by Crippen LogP contribution is -3.08. The summed E-state index contributed by atoms with van der Waals surface area (Å²) in [4.78, 5) is 25.9. The van der Waals surface area contributed by atoms with Crippen molar-refractivity contribution in [3.63, 3.8) is 0 Å². The van der Waals surface area contributed by atoms with Crippen molar-refractivity contribution in [3.05, 3.63) is 46.6 Å². The van der Waals surface area contributed by atoms with Gasteiger partial charge in [0.2, 0.25) is 5.91 Å². The molecule has 1 unspecified atom stereocenters. The maximum absolute atomic E-state index is 12.1. The zero-order chi connectivity index (χ0) is 18.4. The molecule has 0 aliphatic carbocycles. The van der Waals surface area contributed by atoms with E-state index in [9.17, 15) is 9.59 Å². The van der Waals surface area contributed by atoms with Gasteiger partial charge in [0.1, 0.15) is 12.3 Å². The lowest BCUT2D eigenvalue weighted by atomic mass is 10.2. The summed E-state index contributed by atoms with van der Waals surface area (Å²) in [6.07, 6.45) is 0. The van der Waals surface area contributed by atoms with Gasteiger partial charge in [-0.1, -0.05) is 28.1 Å². The Hall–Kier alpha value is -2.12. The van der Waals surface area contributed by atoms with Crippen LogP contribution in [0, 0.1) is 0 Å². The van der Waals surface area contributed by atoms with Crippen LogP contribution in [0.5, 0.6) is 0 Å². The topological polar surface area (TPSA) is 67.0 Å². The van der Waals surface area contributed by atoms with E-state index in [1.807, 2.05) is 43.4 Å². The van der Waals surface area contributed by atoms with Crippen LogP contribution >= 0.6 is 15.9 Å². The number of likely N-dealkylation sites (N-methyl/N-ethyl adjacent to an activating group) is 3. The molecule has 0 radical (unpaired) electrons. The zero-order valence-corrected chi connectivity index (χ0v) is 16.2. The number of rotatable bonds is 7. The number of quaternary nitrogens is 1. The first-order valence-corrected chi connectivity index (χ1v) is 8.79. The largest absolute Gasteiger partial charge is 0.455 e. The highest BCUT2D eigenvalue weighted by molar-refractivity contribution is 9.10. The maximum Gasteiger partial charge on any atom is 0.277 e. The monoisotopic (exact) mass is 408 g/mol. The number of carbonyl (C=O) groups is 2. The number of hydrogen-bond donors (Lipinski definition) is 2. The van der Waals surface area contributed by atoms with Crippen molar-refractivity contribution in [2.24, 2.45) is 0 Å². The molecule has 0 bridgehead atoms. The third kappa shape index (κ3) is 5.72. The van der Waals surface area contributed by atoms with Gasteiger partial charge in [-0.2, -0.15) is 0 Å². The highest BCUT2D eigenvalue weighted by Crippen LogP contribution is 2.23. The fraction of sp³-hybridized carbons (Fsp3) is 0.333. The Morgan fingerprint density at radius 1 is 1.20 bits per heavy atom. The van der Waals surface area contributed by atoms with Crippen LogP contribution in [-0.4, -0.2) is 50.9 Å². The second-order valence-corrected chi connectivity index (χ2v) is 6.92. The second-order valence-electron chi connectivity index (χ2n) is 6.01. The third-order valence-electron chi connectivity index (χ3n) is 3.80. The van der Waals surface area contributed by atoms with Gasteiger partial charge in [0.25, 0.3) is 5.91 Å². The minimum Gasteiger partial charge on any atom is -0.455 e. The Balaban J connectivity index is 1.90. The number of amides is 2. The molecule has 134 valence electrons. The van der Waals surface area contributed by atoms with Crippen LogP contribution in [0.25, 0.3) is 11.3 Å². The Kier molecular flexibility index (Phi) is 6.78. The van der Waals surface area contributed by atoms with E-state index in [0.29, 0.717) is 13.1 Å². The molecule has 2 amide bonds. The van der Waals surface area contributed by atoms with E-state index in [1.54, 1.807) is 14.1 Å². The van der Waals surface area contributed by atoms with Gasteiger partial charge in [-0.15, -0.1) is 0 Å². The standard InChI is InChI=1S/C18H22BrN3O3/c1-20-17(23)11-22(3)18(24)12-21(2)10-15-8-9-16(25-15)13-4-6-14(19)7-5-13/h4-9H,10-12H2,1-3H3,(H,20,23)/p+1. The number of nitrogens with one attached hydrogen (secondary N) is 2. The molecular weight excluding hydrogens is 386 g/mol. The van der Waals surface area contributed by atoms with Gasteiger partial charge < -0.3 is 19.5 Å². The van der Waals surface area contributed by atoms with Gasteiger partial charge in [0.15, 0.2) is 12.3 Å². The lowest BCUT2D eigenvalue weighted by molar-refractivity contribution is -0.886. The van der Waals surface area contributed by atoms with Gasteiger partial charge in [-0.05, 0) is 24.3 Å². The van der Waals surface area contributed by atoms with E-state index < -0.39 is 0 Å². The zero-order valence-electron chi connectivity index (χ0n) is 14.6. The summed E-state index contributed by atoms with van der Waals surface area (Å²) in [5.74, 6) is 1.36. The van der Waals surface area contributed by atoms with E-state index in [1.165, 1.54) is 4.90 Å². The molecule has 0 saturated carbocycles. The summed E-state index contributed by atoms with van der Waals surface area (Å²) in [5.41, 5.74) is 1.01. The molecule has 0 fully saturated rings. The molecule has 7 heteroatoms. The van der Waals surface area contributed by atoms with Crippen molar-refractivity contribution in [1.82, 2.24) is 10.2 Å². The summed E-state index contributed by atoms with van der Waals surface area (Å²) in [6, 6.07) is 11.8. The Morgan fingerprint density at radius 2 is 1.88 bits per heavy atom. The summed E-state index contributed by atoms with van der Waals surface area (Å²) in [5, 5.41) is 2.51. The van der Waals surface area contributed by atoms with Crippen LogP contribution in [0.1, 0.15) is 5.76 Å². The minimum atomic E-state index is -0.182. The predicted molar refractivity (Wildman–Crippen MR) is 99.0 cm³/mol. The number of halogens is 1. The van der Waals surface area contributed by atoms with Crippen LogP contribution in [0.3, 0.4) is 0 Å². The van der Waals surface area contributed by atoms with E-state index in [-0.39, 0.29) is 18.4 Å². The van der Waals surface area contributed by atoms with Gasteiger partial charge in [0.05, 0.1) is 13.6 Å². The lowest BCUT2D eigenvalue weighted by Gasteiger charge is -2.18. The molecule has 2 N–H and O–H groups in total. The van der Waals surface area contributed by atoms with Crippen molar-refractivity contribution in [3.8, 4) is 11.3 Å². The predicted octanol–water partition coefficient (Wildman–Crippen LogP) is 0.928. The summed E-state index contributed by atoms with van der Waals surface area (Å²) in [6.45, 7) is 0.953. The van der Waals surface area contributed by atoms with Crippen LogP contribution in [-0.2, 0) is 16.1 Å². The number of nitrogens with zero attached hydrogens (tertiary/aromatic N) is 1. The number of hydrogen-bond acceptors (Lipinski definition) is 3. The first-order valence-electron chi connectivity index (χ1n) is 7.99.